The van der Waals surface area contributed by atoms with Crippen molar-refractivity contribution in [2.45, 2.75) is 58.0 Å². The lowest BCUT2D eigenvalue weighted by atomic mass is 9.86. The van der Waals surface area contributed by atoms with E-state index in [0.29, 0.717) is 24.8 Å². The number of hydrogen-bond acceptors (Lipinski definition) is 7. The van der Waals surface area contributed by atoms with Crippen molar-refractivity contribution in [3.8, 4) is 28.7 Å². The highest BCUT2D eigenvalue weighted by atomic mass is 16.5. The molecular weight excluding hydrogens is 572 g/mol. The maximum Gasteiger partial charge on any atom is 0.407 e. The van der Waals surface area contributed by atoms with Crippen LogP contribution in [0.5, 0.6) is 11.6 Å². The zero-order chi connectivity index (χ0) is 31.5. The van der Waals surface area contributed by atoms with Gasteiger partial charge in [-0.25, -0.2) is 14.6 Å². The van der Waals surface area contributed by atoms with Gasteiger partial charge in [-0.15, -0.1) is 0 Å². The molecule has 0 spiro atoms. The Morgan fingerprint density at radius 3 is 2.56 bits per heavy atom. The Hall–Kier alpha value is -4.86. The van der Waals surface area contributed by atoms with Gasteiger partial charge in [-0.1, -0.05) is 37.3 Å². The summed E-state index contributed by atoms with van der Waals surface area (Å²) >= 11 is 0. The first-order valence-electron chi connectivity index (χ1n) is 15.6. The van der Waals surface area contributed by atoms with Crippen molar-refractivity contribution < 1.29 is 28.9 Å². The minimum Gasteiger partial charge on any atom is -0.486 e. The Morgan fingerprint density at radius 1 is 1.02 bits per heavy atom. The number of ether oxygens (including phenoxy) is 3. The summed E-state index contributed by atoms with van der Waals surface area (Å²) in [4.78, 5) is 30.2. The monoisotopic (exact) mass is 610 g/mol. The number of piperidine rings is 1. The number of carbonyl (C=O) groups excluding carboxylic acids is 1. The number of methoxy groups -OCH3 is 1. The molecule has 3 heterocycles. The zero-order valence-electron chi connectivity index (χ0n) is 25.9. The molecule has 2 aromatic heterocycles. The summed E-state index contributed by atoms with van der Waals surface area (Å²) in [5.74, 6) is 1.47. The number of pyridine rings is 1. The highest BCUT2D eigenvalue weighted by Crippen LogP contribution is 2.42. The van der Waals surface area contributed by atoms with E-state index in [-0.39, 0.29) is 24.2 Å². The molecule has 0 bridgehead atoms. The SMILES string of the molecule is CCOC(=O)c1cnn(-c2cccc(-c3cccc4c3C(Oc3ccc(C5CCN(C(=O)O)CC5)c(CC)c3)CC4)n2)c1OC. The van der Waals surface area contributed by atoms with E-state index < -0.39 is 12.1 Å². The molecule has 6 rings (SSSR count). The molecule has 10 heteroatoms. The lowest BCUT2D eigenvalue weighted by Gasteiger charge is -2.31. The van der Waals surface area contributed by atoms with Crippen LogP contribution in [0.2, 0.25) is 0 Å². The second-order valence-corrected chi connectivity index (χ2v) is 11.4. The highest BCUT2D eigenvalue weighted by Gasteiger charge is 2.30. The van der Waals surface area contributed by atoms with Crippen molar-refractivity contribution >= 4 is 12.1 Å². The van der Waals surface area contributed by atoms with Crippen LogP contribution in [-0.4, -0.2) is 63.6 Å². The van der Waals surface area contributed by atoms with Gasteiger partial charge in [0, 0.05) is 24.2 Å². The number of fused-ring (bicyclic) bond motifs is 1. The average Bonchev–Trinajstić information content (AvgIpc) is 3.69. The average molecular weight is 611 g/mol. The van der Waals surface area contributed by atoms with Gasteiger partial charge in [-0.2, -0.15) is 9.78 Å². The molecule has 0 saturated carbocycles. The van der Waals surface area contributed by atoms with E-state index in [9.17, 15) is 14.7 Å². The molecule has 4 aromatic rings. The van der Waals surface area contributed by atoms with Crippen molar-refractivity contribution in [1.82, 2.24) is 19.7 Å². The fourth-order valence-electron chi connectivity index (χ4n) is 6.63. The maximum absolute atomic E-state index is 12.4. The van der Waals surface area contributed by atoms with E-state index >= 15 is 0 Å². The van der Waals surface area contributed by atoms with Gasteiger partial charge in [0.25, 0.3) is 0 Å². The molecule has 234 valence electrons. The summed E-state index contributed by atoms with van der Waals surface area (Å²) < 4.78 is 18.9. The Morgan fingerprint density at radius 2 is 1.82 bits per heavy atom. The number of amides is 1. The molecule has 1 saturated heterocycles. The van der Waals surface area contributed by atoms with Crippen LogP contribution in [0, 0.1) is 0 Å². The zero-order valence-corrected chi connectivity index (χ0v) is 25.9. The number of nitrogens with zero attached hydrogens (tertiary/aromatic N) is 4. The van der Waals surface area contributed by atoms with Crippen LogP contribution < -0.4 is 9.47 Å². The molecule has 1 fully saturated rings. The number of hydrogen-bond donors (Lipinski definition) is 1. The van der Waals surface area contributed by atoms with Crippen LogP contribution in [0.15, 0.2) is 60.8 Å². The lowest BCUT2D eigenvalue weighted by Crippen LogP contribution is -2.36. The molecule has 10 nitrogen and oxygen atoms in total. The van der Waals surface area contributed by atoms with Crippen LogP contribution >= 0.6 is 0 Å². The van der Waals surface area contributed by atoms with Crippen molar-refractivity contribution in [2.75, 3.05) is 26.8 Å². The maximum atomic E-state index is 12.4. The van der Waals surface area contributed by atoms with Crippen LogP contribution in [-0.2, 0) is 17.6 Å². The smallest absolute Gasteiger partial charge is 0.407 e. The Kier molecular flexibility index (Phi) is 8.73. The summed E-state index contributed by atoms with van der Waals surface area (Å²) in [7, 11) is 1.49. The van der Waals surface area contributed by atoms with E-state index in [0.717, 1.165) is 54.7 Å². The third-order valence-electron chi connectivity index (χ3n) is 8.81. The minimum absolute atomic E-state index is 0.134. The number of rotatable bonds is 9. The third-order valence-corrected chi connectivity index (χ3v) is 8.81. The van der Waals surface area contributed by atoms with Crippen LogP contribution in [0.3, 0.4) is 0 Å². The van der Waals surface area contributed by atoms with Gasteiger partial charge in [-0.3, -0.25) is 0 Å². The molecule has 1 aliphatic heterocycles. The van der Waals surface area contributed by atoms with Gasteiger partial charge in [0.1, 0.15) is 17.4 Å². The first kappa shape index (κ1) is 30.2. The van der Waals surface area contributed by atoms with E-state index in [1.165, 1.54) is 39.6 Å². The summed E-state index contributed by atoms with van der Waals surface area (Å²) in [5.41, 5.74) is 6.91. The Bertz CT molecular complexity index is 1710. The van der Waals surface area contributed by atoms with E-state index in [4.69, 9.17) is 19.2 Å². The van der Waals surface area contributed by atoms with Gasteiger partial charge < -0.3 is 24.2 Å². The fraction of sp³-hybridized carbons (Fsp3) is 0.371. The second kappa shape index (κ2) is 13.0. The van der Waals surface area contributed by atoms with E-state index in [1.54, 1.807) is 6.92 Å². The number of benzene rings is 2. The first-order valence-corrected chi connectivity index (χ1v) is 15.6. The minimum atomic E-state index is -0.838. The molecule has 2 aromatic carbocycles. The normalized spacial score (nSPS) is 16.3. The largest absolute Gasteiger partial charge is 0.486 e. The third kappa shape index (κ3) is 5.96. The molecule has 45 heavy (non-hydrogen) atoms. The predicted molar refractivity (Wildman–Crippen MR) is 168 cm³/mol. The Balaban J connectivity index is 1.26. The molecule has 2 aliphatic rings. The molecule has 1 aliphatic carbocycles. The van der Waals surface area contributed by atoms with Gasteiger partial charge in [-0.05, 0) is 85.9 Å². The topological polar surface area (TPSA) is 116 Å². The number of esters is 1. The highest BCUT2D eigenvalue weighted by molar-refractivity contribution is 5.92. The molecule has 1 amide bonds. The van der Waals surface area contributed by atoms with Crippen LogP contribution in [0.1, 0.15) is 77.7 Å². The van der Waals surface area contributed by atoms with Gasteiger partial charge >= 0.3 is 12.1 Å². The van der Waals surface area contributed by atoms with E-state index in [1.807, 2.05) is 18.2 Å². The van der Waals surface area contributed by atoms with Gasteiger partial charge in [0.2, 0.25) is 5.88 Å². The summed E-state index contributed by atoms with van der Waals surface area (Å²) in [5, 5.41) is 13.7. The molecule has 1 atom stereocenters. The predicted octanol–water partition coefficient (Wildman–Crippen LogP) is 6.61. The summed E-state index contributed by atoms with van der Waals surface area (Å²) in [6.45, 7) is 5.29. The van der Waals surface area contributed by atoms with Crippen molar-refractivity contribution in [1.29, 1.82) is 0 Å². The second-order valence-electron chi connectivity index (χ2n) is 11.4. The fourth-order valence-corrected chi connectivity index (χ4v) is 6.63. The first-order chi connectivity index (χ1) is 21.9. The number of aromatic nitrogens is 3. The van der Waals surface area contributed by atoms with Crippen LogP contribution in [0.25, 0.3) is 17.1 Å². The summed E-state index contributed by atoms with van der Waals surface area (Å²) in [6, 6.07) is 18.4. The van der Waals surface area contributed by atoms with Crippen molar-refractivity contribution in [3.05, 3.63) is 88.6 Å². The van der Waals surface area contributed by atoms with E-state index in [2.05, 4.69) is 48.4 Å². The Labute approximate surface area is 262 Å². The number of carbonyl (C=O) groups is 2. The summed E-state index contributed by atoms with van der Waals surface area (Å²) in [6.07, 6.45) is 4.77. The molecule has 1 N–H and O–H groups in total. The number of carboxylic acid groups (broad SMARTS) is 1. The van der Waals surface area contributed by atoms with Crippen LogP contribution in [0.4, 0.5) is 4.79 Å². The number of aryl methyl sites for hydroxylation is 2. The molecule has 1 unspecified atom stereocenters. The lowest BCUT2D eigenvalue weighted by molar-refractivity contribution is 0.0522. The molecule has 0 radical (unpaired) electrons. The molecular formula is C35H38N4O6. The standard InChI is InChI=1S/C35H38N4O6/c1-4-22-20-25(13-14-26(22)23-16-18-38(19-17-23)35(41)42)45-30-15-12-24-8-6-9-27(32(24)30)29-10-7-11-31(37-29)39-33(43-3)28(21-36-39)34(40)44-5-2/h6-11,13-14,20-21,23,30H,4-5,12,15-19H2,1-3H3,(H,41,42). The number of likely N-dealkylation sites (tertiary alicyclic amines) is 1. The van der Waals surface area contributed by atoms with Gasteiger partial charge in [0.15, 0.2) is 5.82 Å². The van der Waals surface area contributed by atoms with Crippen molar-refractivity contribution in [2.24, 2.45) is 0 Å². The van der Waals surface area contributed by atoms with Crippen molar-refractivity contribution in [3.63, 3.8) is 0 Å². The quantitative estimate of drug-likeness (QED) is 0.211. The van der Waals surface area contributed by atoms with Gasteiger partial charge in [0.05, 0.1) is 25.6 Å².